The number of nitrogens with zero attached hydrogens (tertiary/aromatic N) is 1. The Bertz CT molecular complexity index is 582. The van der Waals surface area contributed by atoms with Gasteiger partial charge in [0.15, 0.2) is 0 Å². The van der Waals surface area contributed by atoms with Crippen LogP contribution in [0.2, 0.25) is 5.02 Å². The first kappa shape index (κ1) is 14.8. The Hall–Kier alpha value is -1.13. The summed E-state index contributed by atoms with van der Waals surface area (Å²) in [5.74, 6) is -0.212. The van der Waals surface area contributed by atoms with E-state index in [1.165, 1.54) is 6.07 Å². The lowest BCUT2D eigenvalue weighted by Gasteiger charge is -2.34. The molecule has 0 atom stereocenters. The predicted molar refractivity (Wildman–Crippen MR) is 82.0 cm³/mol. The highest BCUT2D eigenvalue weighted by molar-refractivity contribution is 6.34. The molecule has 5 heteroatoms. The van der Waals surface area contributed by atoms with Crippen LogP contribution in [0.25, 0.3) is 0 Å². The molecule has 1 aromatic rings. The molecular weight excluding hydrogens is 291 g/mol. The number of amides is 1. The van der Waals surface area contributed by atoms with Crippen molar-refractivity contribution in [1.82, 2.24) is 0 Å². The molecule has 1 aliphatic heterocycles. The summed E-state index contributed by atoms with van der Waals surface area (Å²) in [5.41, 5.74) is 6.81. The molecule has 1 heterocycles. The molecule has 1 saturated heterocycles. The molecule has 0 radical (unpaired) electrons. The molecule has 1 saturated carbocycles. The first-order chi connectivity index (χ1) is 9.93. The second kappa shape index (κ2) is 5.25. The van der Waals surface area contributed by atoms with Crippen molar-refractivity contribution < 1.29 is 9.18 Å². The molecule has 0 bridgehead atoms. The van der Waals surface area contributed by atoms with Crippen molar-refractivity contribution in [3.8, 4) is 0 Å². The second-order valence-corrected chi connectivity index (χ2v) is 6.78. The standard InChI is InChI=1S/C16H20ClFN2O/c1-10-8-14(12(17)9-13(10)18)20-7-6-16(15(20)21)4-2-11(19)3-5-16/h8-9,11H,2-7,19H2,1H3. The van der Waals surface area contributed by atoms with Crippen LogP contribution in [0.3, 0.4) is 0 Å². The van der Waals surface area contributed by atoms with E-state index in [4.69, 9.17) is 17.3 Å². The molecular formula is C16H20ClFN2O. The molecule has 0 unspecified atom stereocenters. The largest absolute Gasteiger partial charge is 0.328 e. The Balaban J connectivity index is 1.89. The molecule has 1 spiro atoms. The lowest BCUT2D eigenvalue weighted by Crippen LogP contribution is -2.40. The molecule has 2 fully saturated rings. The zero-order valence-corrected chi connectivity index (χ0v) is 12.9. The molecule has 3 rings (SSSR count). The van der Waals surface area contributed by atoms with Crippen molar-refractivity contribution in [2.75, 3.05) is 11.4 Å². The van der Waals surface area contributed by atoms with Gasteiger partial charge >= 0.3 is 0 Å². The molecule has 3 nitrogen and oxygen atoms in total. The fourth-order valence-electron chi connectivity index (χ4n) is 3.56. The van der Waals surface area contributed by atoms with Gasteiger partial charge in [0.2, 0.25) is 5.91 Å². The van der Waals surface area contributed by atoms with Crippen LogP contribution in [-0.4, -0.2) is 18.5 Å². The number of benzene rings is 1. The normalized spacial score (nSPS) is 29.4. The zero-order chi connectivity index (χ0) is 15.2. The van der Waals surface area contributed by atoms with E-state index in [2.05, 4.69) is 0 Å². The Morgan fingerprint density at radius 1 is 1.33 bits per heavy atom. The zero-order valence-electron chi connectivity index (χ0n) is 12.2. The van der Waals surface area contributed by atoms with Crippen molar-refractivity contribution in [2.45, 2.75) is 45.1 Å². The van der Waals surface area contributed by atoms with E-state index in [0.717, 1.165) is 32.1 Å². The minimum absolute atomic E-state index is 0.127. The Morgan fingerprint density at radius 3 is 2.67 bits per heavy atom. The van der Waals surface area contributed by atoms with Gasteiger partial charge in [0.05, 0.1) is 16.1 Å². The number of rotatable bonds is 1. The number of carbonyl (C=O) groups excluding carboxylic acids is 1. The maximum absolute atomic E-state index is 13.5. The van der Waals surface area contributed by atoms with Gasteiger partial charge in [-0.1, -0.05) is 11.6 Å². The third-order valence-corrected chi connectivity index (χ3v) is 5.32. The van der Waals surface area contributed by atoms with E-state index in [0.29, 0.717) is 22.8 Å². The van der Waals surface area contributed by atoms with E-state index in [1.807, 2.05) is 0 Å². The molecule has 21 heavy (non-hydrogen) atoms. The highest BCUT2D eigenvalue weighted by Gasteiger charge is 2.48. The minimum Gasteiger partial charge on any atom is -0.328 e. The van der Waals surface area contributed by atoms with Crippen LogP contribution in [0.5, 0.6) is 0 Å². The lowest BCUT2D eigenvalue weighted by atomic mass is 9.71. The minimum atomic E-state index is -0.339. The molecule has 2 aliphatic rings. The monoisotopic (exact) mass is 310 g/mol. The Morgan fingerprint density at radius 2 is 2.00 bits per heavy atom. The topological polar surface area (TPSA) is 46.3 Å². The second-order valence-electron chi connectivity index (χ2n) is 6.38. The molecule has 0 aromatic heterocycles. The van der Waals surface area contributed by atoms with Crippen molar-refractivity contribution in [2.24, 2.45) is 11.1 Å². The third kappa shape index (κ3) is 2.44. The average molecular weight is 311 g/mol. The van der Waals surface area contributed by atoms with Crippen LogP contribution in [0.15, 0.2) is 12.1 Å². The summed E-state index contributed by atoms with van der Waals surface area (Å²) >= 11 is 6.14. The predicted octanol–water partition coefficient (Wildman–Crippen LogP) is 3.41. The van der Waals surface area contributed by atoms with Gasteiger partial charge in [0, 0.05) is 12.6 Å². The Kier molecular flexibility index (Phi) is 3.70. The van der Waals surface area contributed by atoms with Crippen LogP contribution in [0, 0.1) is 18.2 Å². The van der Waals surface area contributed by atoms with Gasteiger partial charge in [0.1, 0.15) is 5.82 Å². The summed E-state index contributed by atoms with van der Waals surface area (Å²) in [6, 6.07) is 3.18. The third-order valence-electron chi connectivity index (χ3n) is 5.02. The van der Waals surface area contributed by atoms with E-state index in [9.17, 15) is 9.18 Å². The maximum Gasteiger partial charge on any atom is 0.233 e. The first-order valence-electron chi connectivity index (χ1n) is 7.46. The van der Waals surface area contributed by atoms with Gasteiger partial charge < -0.3 is 10.6 Å². The van der Waals surface area contributed by atoms with Gasteiger partial charge in [-0.2, -0.15) is 0 Å². The van der Waals surface area contributed by atoms with Crippen LogP contribution in [-0.2, 0) is 4.79 Å². The molecule has 2 N–H and O–H groups in total. The van der Waals surface area contributed by atoms with E-state index >= 15 is 0 Å². The van der Waals surface area contributed by atoms with Crippen LogP contribution < -0.4 is 10.6 Å². The van der Waals surface area contributed by atoms with Gasteiger partial charge in [-0.05, 0) is 56.7 Å². The van der Waals surface area contributed by atoms with Gasteiger partial charge in [-0.25, -0.2) is 4.39 Å². The van der Waals surface area contributed by atoms with Crippen LogP contribution in [0.4, 0.5) is 10.1 Å². The number of anilines is 1. The summed E-state index contributed by atoms with van der Waals surface area (Å²) in [7, 11) is 0. The summed E-state index contributed by atoms with van der Waals surface area (Å²) in [5, 5.41) is 0.302. The van der Waals surface area contributed by atoms with Gasteiger partial charge in [0.25, 0.3) is 0 Å². The molecule has 114 valence electrons. The summed E-state index contributed by atoms with van der Waals surface area (Å²) in [6.07, 6.45) is 4.33. The number of nitrogens with two attached hydrogens (primary N) is 1. The lowest BCUT2D eigenvalue weighted by molar-refractivity contribution is -0.127. The molecule has 1 aliphatic carbocycles. The van der Waals surface area contributed by atoms with Gasteiger partial charge in [-0.15, -0.1) is 0 Å². The van der Waals surface area contributed by atoms with E-state index in [1.54, 1.807) is 17.9 Å². The highest BCUT2D eigenvalue weighted by Crippen LogP contribution is 2.46. The number of hydrogen-bond donors (Lipinski definition) is 1. The number of aryl methyl sites for hydroxylation is 1. The number of carbonyl (C=O) groups is 1. The summed E-state index contributed by atoms with van der Waals surface area (Å²) in [6.45, 7) is 2.34. The highest BCUT2D eigenvalue weighted by atomic mass is 35.5. The maximum atomic E-state index is 13.5. The van der Waals surface area contributed by atoms with E-state index < -0.39 is 0 Å². The average Bonchev–Trinajstić information content (AvgIpc) is 2.76. The van der Waals surface area contributed by atoms with Crippen LogP contribution >= 0.6 is 11.6 Å². The van der Waals surface area contributed by atoms with E-state index in [-0.39, 0.29) is 23.2 Å². The molecule has 1 aromatic carbocycles. The fourth-order valence-corrected chi connectivity index (χ4v) is 3.81. The van der Waals surface area contributed by atoms with Gasteiger partial charge in [-0.3, -0.25) is 4.79 Å². The van der Waals surface area contributed by atoms with Crippen LogP contribution in [0.1, 0.15) is 37.7 Å². The first-order valence-corrected chi connectivity index (χ1v) is 7.84. The SMILES string of the molecule is Cc1cc(N2CCC3(CCC(N)CC3)C2=O)c(Cl)cc1F. The Labute approximate surface area is 129 Å². The van der Waals surface area contributed by atoms with Crippen molar-refractivity contribution in [1.29, 1.82) is 0 Å². The van der Waals surface area contributed by atoms with Crippen molar-refractivity contribution in [3.05, 3.63) is 28.5 Å². The van der Waals surface area contributed by atoms with Crippen molar-refractivity contribution in [3.63, 3.8) is 0 Å². The summed E-state index contributed by atoms with van der Waals surface area (Å²) in [4.78, 5) is 14.6. The van der Waals surface area contributed by atoms with Crippen molar-refractivity contribution >= 4 is 23.2 Å². The number of halogens is 2. The smallest absolute Gasteiger partial charge is 0.233 e. The molecule has 1 amide bonds. The number of hydrogen-bond acceptors (Lipinski definition) is 2. The summed E-state index contributed by atoms with van der Waals surface area (Å²) < 4.78 is 13.5. The fraction of sp³-hybridized carbons (Fsp3) is 0.562. The quantitative estimate of drug-likeness (QED) is 0.864.